The lowest BCUT2D eigenvalue weighted by Crippen LogP contribution is -2.16. The molecule has 2 aliphatic rings. The van der Waals surface area contributed by atoms with Crippen LogP contribution in [0.2, 0.25) is 0 Å². The van der Waals surface area contributed by atoms with Gasteiger partial charge in [-0.3, -0.25) is 17.9 Å². The Hall–Kier alpha value is -16.8. The van der Waals surface area contributed by atoms with E-state index >= 15 is 0 Å². The first kappa shape index (κ1) is 74.6. The number of hydrogen-bond donors (Lipinski definition) is 0. The van der Waals surface area contributed by atoms with Gasteiger partial charge in [-0.05, 0) is 257 Å². The number of fused-ring (bicyclic) bond motifs is 26. The predicted molar refractivity (Wildman–Crippen MR) is 540 cm³/mol. The van der Waals surface area contributed by atoms with Crippen LogP contribution in [0, 0.1) is 0 Å². The van der Waals surface area contributed by atoms with Crippen LogP contribution in [0.1, 0.15) is 49.9 Å². The molecule has 130 heavy (non-hydrogen) atoms. The summed E-state index contributed by atoms with van der Waals surface area (Å²) >= 11 is 0. The lowest BCUT2D eigenvalue weighted by atomic mass is 9.82. The van der Waals surface area contributed by atoms with E-state index in [0.29, 0.717) is 0 Å². The molecule has 27 rings (SSSR count). The molecule has 612 valence electrons. The van der Waals surface area contributed by atoms with Crippen LogP contribution in [0.15, 0.2) is 425 Å². The summed E-state index contributed by atoms with van der Waals surface area (Å²) in [5, 5.41) is 11.7. The van der Waals surface area contributed by atoms with Gasteiger partial charge in [0.05, 0.1) is 55.2 Å². The fraction of sp³-hybridized carbons (Fsp3) is 0.0500. The zero-order valence-electron chi connectivity index (χ0n) is 71.9. The fourth-order valence-electron chi connectivity index (χ4n) is 21.5. The van der Waals surface area contributed by atoms with Gasteiger partial charge < -0.3 is 9.80 Å². The molecule has 6 heterocycles. The summed E-state index contributed by atoms with van der Waals surface area (Å²) in [6.45, 7) is 9.40. The molecule has 0 fully saturated rings. The van der Waals surface area contributed by atoms with Crippen molar-refractivity contribution in [2.75, 3.05) is 9.80 Å². The van der Waals surface area contributed by atoms with Crippen molar-refractivity contribution in [3.05, 3.63) is 447 Å². The Balaban J connectivity index is 0.000000137. The number of benzene rings is 19. The van der Waals surface area contributed by atoms with E-state index in [0.717, 1.165) is 146 Å². The van der Waals surface area contributed by atoms with Gasteiger partial charge in [-0.15, -0.1) is 0 Å². The van der Waals surface area contributed by atoms with E-state index in [1.54, 1.807) is 0 Å². The highest BCUT2D eigenvalue weighted by Gasteiger charge is 2.38. The van der Waals surface area contributed by atoms with Crippen LogP contribution in [0.5, 0.6) is 0 Å². The maximum atomic E-state index is 5.44. The van der Waals surface area contributed by atoms with E-state index in [2.05, 4.69) is 480 Å². The third-order valence-electron chi connectivity index (χ3n) is 27.8. The number of rotatable bonds is 11. The largest absolute Gasteiger partial charge is 0.310 e. The molecule has 0 radical (unpaired) electrons. The Morgan fingerprint density at radius 1 is 0.208 bits per heavy atom. The Kier molecular flexibility index (Phi) is 16.6. The Morgan fingerprint density at radius 2 is 0.531 bits per heavy atom. The highest BCUT2D eigenvalue weighted by molar-refractivity contribution is 6.24. The van der Waals surface area contributed by atoms with Gasteiger partial charge in [0.15, 0.2) is 0 Å². The number of hydrogen-bond acceptors (Lipinski definition) is 6. The van der Waals surface area contributed by atoms with Crippen LogP contribution in [0.4, 0.5) is 34.1 Å². The van der Waals surface area contributed by atoms with Gasteiger partial charge in [-0.2, -0.15) is 0 Å². The minimum absolute atomic E-state index is 0.0931. The van der Waals surface area contributed by atoms with Gasteiger partial charge in [0.2, 0.25) is 11.9 Å². The van der Waals surface area contributed by atoms with Crippen LogP contribution < -0.4 is 9.80 Å². The SMILES string of the molecule is CC1(C)c2ccccc2-c2ccc(N(c3ccc(-c4ccccc4)cc3)c3ccc(-c4ccc5c(c4)c4c6ccccc6ccc4n5-c4nc5ccccc5c5nc6ccccc6n45)cc3)cc21.CC1(C)c2ccccc2-c2ccc(N(c3ccccc3)c3ccc(-c4ccc5c(c4)c4c6ccccc6ccc4n5-c4nc5ccccc5c5nc6ccccc6n45)cc3)cc21. The number of anilines is 6. The Bertz CT molecular complexity index is 8980. The molecule has 2 aliphatic carbocycles. The standard InChI is InChI=1S/C63H43N5.C57H39N5/c1-63(2)53-20-10-8-18-49(53)50-35-34-47(39-54(50)63)66(45-30-24-41(25-31-45)40-14-4-3-5-15-40)46-32-26-42(27-33-46)44-29-36-57-52(38-44)60-48-17-7-6-16-43(48)28-37-59(60)67(57)62-65-55-21-11-9-19-51(55)61-64-56-22-12-13-23-58(56)68(61)62;1-57(2)47-20-10-8-18-43(47)44-31-30-41(35-48(44)57)60(39-15-4-3-5-16-39)40-28-24-36(25-29-40)38-27-32-51-46(34-38)54-42-17-7-6-14-37(42)26-33-53(54)61(51)56-59-49-21-11-9-19-45(49)55-58-50-22-12-13-23-52(50)62(55)56/h3-39H,1-2H3;3-35H,1-2H3. The first-order chi connectivity index (χ1) is 64.0. The first-order valence-electron chi connectivity index (χ1n) is 44.7. The highest BCUT2D eigenvalue weighted by atomic mass is 15.2. The summed E-state index contributed by atoms with van der Waals surface area (Å²) in [7, 11) is 0. The predicted octanol–water partition coefficient (Wildman–Crippen LogP) is 31.1. The van der Waals surface area contributed by atoms with E-state index in [1.807, 2.05) is 0 Å². The van der Waals surface area contributed by atoms with Crippen LogP contribution in [0.25, 0.3) is 188 Å². The number of imidazole rings is 2. The van der Waals surface area contributed by atoms with Gasteiger partial charge in [-0.1, -0.05) is 295 Å². The third kappa shape index (κ3) is 11.5. The van der Waals surface area contributed by atoms with Crippen molar-refractivity contribution >= 4 is 154 Å². The molecule has 0 saturated heterocycles. The van der Waals surface area contributed by atoms with E-state index in [9.17, 15) is 0 Å². The average molecular weight is 1660 g/mol. The minimum atomic E-state index is -0.120. The second-order valence-electron chi connectivity index (χ2n) is 35.7. The second kappa shape index (κ2) is 28.9. The topological polar surface area (TPSA) is 76.7 Å². The van der Waals surface area contributed by atoms with Crippen LogP contribution in [-0.4, -0.2) is 37.9 Å². The van der Waals surface area contributed by atoms with Crippen LogP contribution >= 0.6 is 0 Å². The third-order valence-corrected chi connectivity index (χ3v) is 27.8. The van der Waals surface area contributed by atoms with Crippen molar-refractivity contribution in [3.8, 4) is 67.5 Å². The minimum Gasteiger partial charge on any atom is -0.310 e. The zero-order valence-corrected chi connectivity index (χ0v) is 71.9. The van der Waals surface area contributed by atoms with Crippen molar-refractivity contribution in [1.82, 2.24) is 37.9 Å². The van der Waals surface area contributed by atoms with Crippen LogP contribution in [-0.2, 0) is 10.8 Å². The monoisotopic (exact) mass is 1660 g/mol. The van der Waals surface area contributed by atoms with Crippen LogP contribution in [0.3, 0.4) is 0 Å². The van der Waals surface area contributed by atoms with E-state index in [4.69, 9.17) is 19.9 Å². The summed E-state index contributed by atoms with van der Waals surface area (Å²) in [5.74, 6) is 1.63. The van der Waals surface area contributed by atoms with Crippen molar-refractivity contribution < 1.29 is 0 Å². The van der Waals surface area contributed by atoms with Gasteiger partial charge in [-0.25, -0.2) is 19.9 Å². The molecular weight excluding hydrogens is 1580 g/mol. The Labute approximate surface area is 750 Å². The summed E-state index contributed by atoms with van der Waals surface area (Å²) in [4.78, 5) is 26.0. The molecule has 0 aliphatic heterocycles. The summed E-state index contributed by atoms with van der Waals surface area (Å²) in [6.07, 6.45) is 0. The van der Waals surface area contributed by atoms with Crippen molar-refractivity contribution in [2.45, 2.75) is 38.5 Å². The lowest BCUT2D eigenvalue weighted by molar-refractivity contribution is 0.660. The molecule has 0 saturated carbocycles. The van der Waals surface area contributed by atoms with Crippen molar-refractivity contribution in [3.63, 3.8) is 0 Å². The maximum Gasteiger partial charge on any atom is 0.221 e. The highest BCUT2D eigenvalue weighted by Crippen LogP contribution is 2.54. The number of nitrogens with zero attached hydrogens (tertiary/aromatic N) is 10. The maximum absolute atomic E-state index is 5.44. The molecule has 0 unspecified atom stereocenters. The quantitative estimate of drug-likeness (QED) is 0.128. The summed E-state index contributed by atoms with van der Waals surface area (Å²) < 4.78 is 9.15. The van der Waals surface area contributed by atoms with Crippen molar-refractivity contribution in [2.24, 2.45) is 0 Å². The second-order valence-corrected chi connectivity index (χ2v) is 35.7. The molecule has 0 bridgehead atoms. The van der Waals surface area contributed by atoms with E-state index < -0.39 is 0 Å². The number of aromatic nitrogens is 8. The average Bonchev–Trinajstić information content (AvgIpc) is 1.56. The van der Waals surface area contributed by atoms with Gasteiger partial charge in [0.1, 0.15) is 11.3 Å². The summed E-state index contributed by atoms with van der Waals surface area (Å²) in [6, 6.07) is 154. The molecule has 10 heteroatoms. The molecule has 0 amide bonds. The van der Waals surface area contributed by atoms with E-state index in [1.165, 1.54) is 98.7 Å². The molecule has 0 N–H and O–H groups in total. The molecular formula is C120H82N10. The molecule has 0 spiro atoms. The first-order valence-corrected chi connectivity index (χ1v) is 44.7. The van der Waals surface area contributed by atoms with E-state index in [-0.39, 0.29) is 10.8 Å². The number of para-hydroxylation sites is 7. The Morgan fingerprint density at radius 3 is 0.977 bits per heavy atom. The smallest absolute Gasteiger partial charge is 0.221 e. The summed E-state index contributed by atoms with van der Waals surface area (Å²) in [5.41, 5.74) is 36.2. The zero-order chi connectivity index (χ0) is 86.2. The fourth-order valence-corrected chi connectivity index (χ4v) is 21.5. The van der Waals surface area contributed by atoms with Gasteiger partial charge >= 0.3 is 0 Å². The molecule has 25 aromatic rings. The van der Waals surface area contributed by atoms with Gasteiger partial charge in [0, 0.05) is 77.3 Å². The molecule has 0 atom stereocenters. The van der Waals surface area contributed by atoms with Gasteiger partial charge in [0.25, 0.3) is 0 Å². The molecule has 10 nitrogen and oxygen atoms in total. The lowest BCUT2D eigenvalue weighted by Gasteiger charge is -2.28. The molecule has 6 aromatic heterocycles. The molecule has 19 aromatic carbocycles. The van der Waals surface area contributed by atoms with Crippen molar-refractivity contribution in [1.29, 1.82) is 0 Å². The normalized spacial score (nSPS) is 13.0.